The summed E-state index contributed by atoms with van der Waals surface area (Å²) < 4.78 is 33.6. The molecule has 3 aliphatic heterocycles. The number of hydrogen-bond acceptors (Lipinski definition) is 5. The molecule has 0 aromatic heterocycles. The van der Waals surface area contributed by atoms with Crippen LogP contribution < -0.4 is 0 Å². The maximum atomic E-state index is 13.8. The molecule has 0 spiro atoms. The third-order valence-electron chi connectivity index (χ3n) is 9.87. The van der Waals surface area contributed by atoms with Crippen LogP contribution in [-0.4, -0.2) is 103 Å². The lowest BCUT2D eigenvalue weighted by Crippen LogP contribution is -2.51. The van der Waals surface area contributed by atoms with Gasteiger partial charge in [-0.25, -0.2) is 8.78 Å². The molecule has 0 radical (unpaired) electrons. The van der Waals surface area contributed by atoms with Crippen molar-refractivity contribution in [2.75, 3.05) is 59.5 Å². The first-order valence-electron chi connectivity index (χ1n) is 14.9. The van der Waals surface area contributed by atoms with Crippen LogP contribution in [0, 0.1) is 23.2 Å². The van der Waals surface area contributed by atoms with E-state index in [1.165, 1.54) is 12.8 Å². The lowest BCUT2D eigenvalue weighted by Gasteiger charge is -2.45. The third-order valence-corrected chi connectivity index (χ3v) is 9.87. The predicted molar refractivity (Wildman–Crippen MR) is 142 cm³/mol. The van der Waals surface area contributed by atoms with Crippen molar-refractivity contribution >= 4 is 5.91 Å². The van der Waals surface area contributed by atoms with Crippen molar-refractivity contribution in [3.8, 4) is 0 Å². The fourth-order valence-corrected chi connectivity index (χ4v) is 6.96. The monoisotopic (exact) mass is 527 g/mol. The zero-order valence-corrected chi connectivity index (χ0v) is 23.5. The van der Waals surface area contributed by atoms with E-state index in [0.717, 1.165) is 45.4 Å². The second-order valence-electron chi connectivity index (χ2n) is 13.3. The highest BCUT2D eigenvalue weighted by Crippen LogP contribution is 2.38. The van der Waals surface area contributed by atoms with Gasteiger partial charge in [0.25, 0.3) is 0 Å². The van der Waals surface area contributed by atoms with Crippen LogP contribution in [0.2, 0.25) is 0 Å². The Hall–Kier alpha value is -0.830. The van der Waals surface area contributed by atoms with Crippen molar-refractivity contribution in [3.05, 3.63) is 0 Å². The summed E-state index contributed by atoms with van der Waals surface area (Å²) in [6.07, 6.45) is 5.97. The van der Waals surface area contributed by atoms with Gasteiger partial charge in [-0.3, -0.25) is 9.69 Å². The number of nitrogens with zero attached hydrogens (tertiary/aromatic N) is 3. The molecule has 4 aliphatic rings. The molecule has 0 unspecified atom stereocenters. The summed E-state index contributed by atoms with van der Waals surface area (Å²) in [7, 11) is 2.20. The SMILES string of the molecule is CN1CCC(N2CC[C@H]3CC(=O)N(CC4CCC(F)(F)CC4)C[C@H](O)C(C)(C)COCCC[C@H]3C2)CC1. The summed E-state index contributed by atoms with van der Waals surface area (Å²) >= 11 is 0. The lowest BCUT2D eigenvalue weighted by atomic mass is 9.79. The van der Waals surface area contributed by atoms with Gasteiger partial charge in [-0.05, 0) is 89.4 Å². The number of piperidine rings is 2. The average Bonchev–Trinajstić information content (AvgIpc) is 2.85. The molecule has 1 N–H and O–H groups in total. The van der Waals surface area contributed by atoms with Gasteiger partial charge in [-0.1, -0.05) is 13.8 Å². The maximum Gasteiger partial charge on any atom is 0.248 e. The highest BCUT2D eigenvalue weighted by molar-refractivity contribution is 5.76. The number of aliphatic hydroxyl groups is 1. The Morgan fingerprint density at radius 3 is 2.38 bits per heavy atom. The summed E-state index contributed by atoms with van der Waals surface area (Å²) in [6, 6.07) is 0.644. The van der Waals surface area contributed by atoms with Crippen LogP contribution in [-0.2, 0) is 9.53 Å². The molecule has 1 saturated carbocycles. The Morgan fingerprint density at radius 1 is 0.973 bits per heavy atom. The fraction of sp³-hybridized carbons (Fsp3) is 0.966. The Bertz CT molecular complexity index is 734. The van der Waals surface area contributed by atoms with Crippen LogP contribution in [0.25, 0.3) is 0 Å². The van der Waals surface area contributed by atoms with Crippen LogP contribution in [0.3, 0.4) is 0 Å². The molecule has 37 heavy (non-hydrogen) atoms. The minimum Gasteiger partial charge on any atom is -0.391 e. The quantitative estimate of drug-likeness (QED) is 0.595. The number of ether oxygens (including phenoxy) is 1. The Kier molecular flexibility index (Phi) is 9.90. The fourth-order valence-electron chi connectivity index (χ4n) is 6.96. The van der Waals surface area contributed by atoms with Crippen LogP contribution in [0.1, 0.15) is 78.1 Å². The molecule has 3 heterocycles. The minimum absolute atomic E-state index is 0.0768. The number of carbonyl (C=O) groups is 1. The lowest BCUT2D eigenvalue weighted by molar-refractivity contribution is -0.138. The number of likely N-dealkylation sites (tertiary alicyclic amines) is 2. The highest BCUT2D eigenvalue weighted by Gasteiger charge is 2.39. The van der Waals surface area contributed by atoms with Crippen molar-refractivity contribution in [2.24, 2.45) is 23.2 Å². The van der Waals surface area contributed by atoms with E-state index >= 15 is 0 Å². The molecule has 6 nitrogen and oxygen atoms in total. The van der Waals surface area contributed by atoms with E-state index in [9.17, 15) is 18.7 Å². The highest BCUT2D eigenvalue weighted by atomic mass is 19.3. The number of hydrogen-bond donors (Lipinski definition) is 1. The number of rotatable bonds is 3. The van der Waals surface area contributed by atoms with E-state index in [2.05, 4.69) is 16.8 Å². The number of halogens is 2. The number of aliphatic hydroxyl groups excluding tert-OH is 1. The molecule has 0 bridgehead atoms. The molecule has 1 aliphatic carbocycles. The molecular formula is C29H51F2N3O3. The number of amides is 1. The number of carbonyl (C=O) groups excluding carboxylic acids is 1. The molecule has 1 amide bonds. The Labute approximate surface area is 223 Å². The van der Waals surface area contributed by atoms with Gasteiger partial charge in [0.05, 0.1) is 12.7 Å². The first-order valence-corrected chi connectivity index (χ1v) is 14.9. The van der Waals surface area contributed by atoms with E-state index in [1.54, 1.807) is 0 Å². The number of β-amino-alcohol motifs (C(OH)–C–C–N with tert-alkyl or cyclic N) is 1. The topological polar surface area (TPSA) is 56.2 Å². The first kappa shape index (κ1) is 29.2. The average molecular weight is 528 g/mol. The van der Waals surface area contributed by atoms with Gasteiger partial charge in [0.2, 0.25) is 11.8 Å². The Balaban J connectivity index is 1.45. The molecule has 0 aromatic rings. The molecular weight excluding hydrogens is 476 g/mol. The zero-order chi connectivity index (χ0) is 26.6. The first-order chi connectivity index (χ1) is 17.5. The van der Waals surface area contributed by atoms with E-state index in [0.29, 0.717) is 56.9 Å². The molecule has 3 saturated heterocycles. The van der Waals surface area contributed by atoms with Gasteiger partial charge in [0.15, 0.2) is 0 Å². The van der Waals surface area contributed by atoms with Crippen molar-refractivity contribution in [3.63, 3.8) is 0 Å². The number of fused-ring (bicyclic) bond motifs is 1. The summed E-state index contributed by atoms with van der Waals surface area (Å²) in [5, 5.41) is 11.1. The van der Waals surface area contributed by atoms with E-state index in [1.807, 2.05) is 18.7 Å². The normalized spacial score (nSPS) is 34.3. The van der Waals surface area contributed by atoms with Gasteiger partial charge in [0, 0.05) is 57.0 Å². The summed E-state index contributed by atoms with van der Waals surface area (Å²) in [5.74, 6) is -1.61. The molecule has 4 rings (SSSR count). The van der Waals surface area contributed by atoms with Gasteiger partial charge in [0.1, 0.15) is 0 Å². The molecule has 4 fully saturated rings. The van der Waals surface area contributed by atoms with Gasteiger partial charge < -0.3 is 19.6 Å². The van der Waals surface area contributed by atoms with Gasteiger partial charge in [-0.15, -0.1) is 0 Å². The Morgan fingerprint density at radius 2 is 1.68 bits per heavy atom. The summed E-state index contributed by atoms with van der Waals surface area (Å²) in [6.45, 7) is 10.2. The number of alkyl halides is 2. The van der Waals surface area contributed by atoms with Crippen molar-refractivity contribution in [1.29, 1.82) is 0 Å². The van der Waals surface area contributed by atoms with Crippen molar-refractivity contribution in [1.82, 2.24) is 14.7 Å². The molecule has 214 valence electrons. The standard InChI is InChI=1S/C29H51F2N3O3/c1-28(2)21-37-16-4-5-24-19-33(25-9-13-32(3)14-10-25)15-8-23(24)17-27(36)34(20-26(28)35)18-22-6-11-29(30,31)12-7-22/h22-26,35H,4-21H2,1-3H3/t23-,24-,26-/m0/s1. The zero-order valence-electron chi connectivity index (χ0n) is 23.5. The minimum atomic E-state index is -2.58. The van der Waals surface area contributed by atoms with E-state index in [-0.39, 0.29) is 31.2 Å². The second kappa shape index (κ2) is 12.6. The van der Waals surface area contributed by atoms with Crippen LogP contribution in [0.4, 0.5) is 8.78 Å². The molecule has 3 atom stereocenters. The van der Waals surface area contributed by atoms with Gasteiger partial charge >= 0.3 is 0 Å². The maximum absolute atomic E-state index is 13.8. The van der Waals surface area contributed by atoms with E-state index < -0.39 is 17.4 Å². The summed E-state index contributed by atoms with van der Waals surface area (Å²) in [4.78, 5) is 20.7. The largest absolute Gasteiger partial charge is 0.391 e. The van der Waals surface area contributed by atoms with Crippen molar-refractivity contribution < 1.29 is 23.4 Å². The molecule has 8 heteroatoms. The smallest absolute Gasteiger partial charge is 0.248 e. The van der Waals surface area contributed by atoms with Crippen LogP contribution in [0.5, 0.6) is 0 Å². The van der Waals surface area contributed by atoms with Crippen molar-refractivity contribution in [2.45, 2.75) is 96.1 Å². The van der Waals surface area contributed by atoms with Crippen LogP contribution in [0.15, 0.2) is 0 Å². The van der Waals surface area contributed by atoms with E-state index in [4.69, 9.17) is 4.74 Å². The third kappa shape index (κ3) is 8.09. The molecule has 0 aromatic carbocycles. The predicted octanol–water partition coefficient (Wildman–Crippen LogP) is 4.26. The second-order valence-corrected chi connectivity index (χ2v) is 13.3. The van der Waals surface area contributed by atoms with Gasteiger partial charge in [-0.2, -0.15) is 0 Å². The van der Waals surface area contributed by atoms with Crippen LogP contribution >= 0.6 is 0 Å². The summed E-state index contributed by atoms with van der Waals surface area (Å²) in [5.41, 5.74) is -0.482.